The first-order valence-electron chi connectivity index (χ1n) is 6.33. The summed E-state index contributed by atoms with van der Waals surface area (Å²) in [5.41, 5.74) is 0.245. The maximum Gasteiger partial charge on any atom is 0.253 e. The molecule has 19 heavy (non-hydrogen) atoms. The lowest BCUT2D eigenvalue weighted by Gasteiger charge is -2.30. The van der Waals surface area contributed by atoms with Crippen LogP contribution in [0.25, 0.3) is 0 Å². The van der Waals surface area contributed by atoms with Gasteiger partial charge in [0.25, 0.3) is 5.91 Å². The van der Waals surface area contributed by atoms with Gasteiger partial charge in [-0.25, -0.2) is 0 Å². The summed E-state index contributed by atoms with van der Waals surface area (Å²) in [6.45, 7) is 2.10. The van der Waals surface area contributed by atoms with Gasteiger partial charge in [-0.1, -0.05) is 40.9 Å². The predicted molar refractivity (Wildman–Crippen MR) is 79.5 cm³/mol. The Kier molecular flexibility index (Phi) is 4.54. The van der Waals surface area contributed by atoms with Crippen molar-refractivity contribution in [3.63, 3.8) is 0 Å². The maximum atomic E-state index is 12.2. The molecule has 2 unspecified atom stereocenters. The van der Waals surface area contributed by atoms with Crippen molar-refractivity contribution in [3.05, 3.63) is 33.3 Å². The second-order valence-electron chi connectivity index (χ2n) is 5.35. The Hall–Kier alpha value is -0.580. The number of aliphatic hydroxyl groups excluding tert-OH is 1. The zero-order chi connectivity index (χ0) is 14.0. The molecule has 104 valence electrons. The third-order valence-electron chi connectivity index (χ3n) is 3.92. The van der Waals surface area contributed by atoms with Crippen molar-refractivity contribution in [2.75, 3.05) is 6.61 Å². The number of rotatable bonds is 3. The van der Waals surface area contributed by atoms with Gasteiger partial charge in [0.15, 0.2) is 0 Å². The van der Waals surface area contributed by atoms with Crippen LogP contribution in [-0.2, 0) is 0 Å². The van der Waals surface area contributed by atoms with Crippen molar-refractivity contribution in [3.8, 4) is 0 Å². The van der Waals surface area contributed by atoms with E-state index >= 15 is 0 Å². The van der Waals surface area contributed by atoms with E-state index in [1.807, 2.05) is 6.92 Å². The molecule has 0 aromatic heterocycles. The van der Waals surface area contributed by atoms with Crippen molar-refractivity contribution < 1.29 is 9.90 Å². The predicted octanol–water partition coefficient (Wildman–Crippen LogP) is 3.38. The van der Waals surface area contributed by atoms with Gasteiger partial charge in [0.2, 0.25) is 0 Å². The molecule has 1 aromatic carbocycles. The lowest BCUT2D eigenvalue weighted by molar-refractivity contribution is 0.0830. The Bertz CT molecular complexity index is 494. The molecule has 3 nitrogen and oxygen atoms in total. The van der Waals surface area contributed by atoms with Crippen LogP contribution in [0.3, 0.4) is 0 Å². The number of carbonyl (C=O) groups is 1. The van der Waals surface area contributed by atoms with Crippen LogP contribution in [0.1, 0.15) is 36.5 Å². The molecule has 2 atom stereocenters. The number of nitrogens with one attached hydrogen (secondary N) is 1. The Morgan fingerprint density at radius 3 is 3.00 bits per heavy atom. The highest BCUT2D eigenvalue weighted by molar-refractivity contribution is 9.10. The highest BCUT2D eigenvalue weighted by Crippen LogP contribution is 2.37. The largest absolute Gasteiger partial charge is 0.396 e. The number of carbonyl (C=O) groups excluding carboxylic acids is 1. The Morgan fingerprint density at radius 2 is 2.37 bits per heavy atom. The van der Waals surface area contributed by atoms with E-state index in [4.69, 9.17) is 11.6 Å². The average molecular weight is 347 g/mol. The van der Waals surface area contributed by atoms with Gasteiger partial charge in [-0.15, -0.1) is 0 Å². The molecule has 1 amide bonds. The SMILES string of the molecule is CC1(CO)CCCC1NC(=O)c1ccc(Br)cc1Cl. The number of benzene rings is 1. The number of hydrogen-bond donors (Lipinski definition) is 2. The van der Waals surface area contributed by atoms with E-state index in [9.17, 15) is 9.90 Å². The molecule has 1 aliphatic rings. The summed E-state index contributed by atoms with van der Waals surface area (Å²) in [4.78, 5) is 12.2. The number of aliphatic hydroxyl groups is 1. The summed E-state index contributed by atoms with van der Waals surface area (Å²) in [6.07, 6.45) is 2.86. The fraction of sp³-hybridized carbons (Fsp3) is 0.500. The third kappa shape index (κ3) is 3.12. The second kappa shape index (κ2) is 5.81. The van der Waals surface area contributed by atoms with Gasteiger partial charge in [0.05, 0.1) is 17.2 Å². The molecule has 1 aromatic rings. The van der Waals surface area contributed by atoms with Crippen LogP contribution in [0.15, 0.2) is 22.7 Å². The Morgan fingerprint density at radius 1 is 1.63 bits per heavy atom. The minimum Gasteiger partial charge on any atom is -0.396 e. The van der Waals surface area contributed by atoms with Gasteiger partial charge in [0, 0.05) is 15.9 Å². The normalized spacial score (nSPS) is 26.4. The van der Waals surface area contributed by atoms with E-state index in [1.54, 1.807) is 18.2 Å². The summed E-state index contributed by atoms with van der Waals surface area (Å²) >= 11 is 9.39. The summed E-state index contributed by atoms with van der Waals surface area (Å²) in [5, 5.41) is 12.9. The first kappa shape index (κ1) is 14.8. The molecule has 0 spiro atoms. The Balaban J connectivity index is 2.13. The standard InChI is InChI=1S/C14H17BrClNO2/c1-14(8-18)6-2-3-12(14)17-13(19)10-5-4-9(15)7-11(10)16/h4-5,7,12,18H,2-3,6,8H2,1H3,(H,17,19). The van der Waals surface area contributed by atoms with Gasteiger partial charge in [0.1, 0.15) is 0 Å². The van der Waals surface area contributed by atoms with Crippen molar-refractivity contribution >= 4 is 33.4 Å². The van der Waals surface area contributed by atoms with Crippen molar-refractivity contribution in [2.24, 2.45) is 5.41 Å². The Labute approximate surface area is 126 Å². The zero-order valence-corrected chi connectivity index (χ0v) is 13.1. The third-order valence-corrected chi connectivity index (χ3v) is 4.73. The molecule has 5 heteroatoms. The van der Waals surface area contributed by atoms with Crippen LogP contribution in [0.5, 0.6) is 0 Å². The van der Waals surface area contributed by atoms with Gasteiger partial charge in [-0.2, -0.15) is 0 Å². The molecular formula is C14H17BrClNO2. The van der Waals surface area contributed by atoms with Crippen LogP contribution in [-0.4, -0.2) is 23.7 Å². The minimum absolute atomic E-state index is 0.00436. The van der Waals surface area contributed by atoms with Gasteiger partial charge in [-0.05, 0) is 31.0 Å². The number of amides is 1. The van der Waals surface area contributed by atoms with Gasteiger partial charge < -0.3 is 10.4 Å². The van der Waals surface area contributed by atoms with E-state index in [0.717, 1.165) is 23.7 Å². The summed E-state index contributed by atoms with van der Waals surface area (Å²) in [6, 6.07) is 5.20. The smallest absolute Gasteiger partial charge is 0.253 e. The molecule has 0 aliphatic heterocycles. The van der Waals surface area contributed by atoms with Crippen LogP contribution < -0.4 is 5.32 Å². The fourth-order valence-corrected chi connectivity index (χ4v) is 3.34. The quantitative estimate of drug-likeness (QED) is 0.881. The molecule has 0 radical (unpaired) electrons. The molecule has 0 saturated heterocycles. The molecule has 2 rings (SSSR count). The summed E-state index contributed by atoms with van der Waals surface area (Å²) in [5.74, 6) is -0.177. The molecule has 0 heterocycles. The molecule has 1 saturated carbocycles. The van der Waals surface area contributed by atoms with Crippen molar-refractivity contribution in [1.82, 2.24) is 5.32 Å². The zero-order valence-electron chi connectivity index (χ0n) is 10.7. The van der Waals surface area contributed by atoms with E-state index in [0.29, 0.717) is 10.6 Å². The van der Waals surface area contributed by atoms with Crippen LogP contribution >= 0.6 is 27.5 Å². The van der Waals surface area contributed by atoms with Crippen LogP contribution in [0.4, 0.5) is 0 Å². The average Bonchev–Trinajstić information content (AvgIpc) is 2.71. The van der Waals surface area contributed by atoms with Gasteiger partial charge in [-0.3, -0.25) is 4.79 Å². The highest BCUT2D eigenvalue weighted by Gasteiger charge is 2.39. The number of halogens is 2. The lowest BCUT2D eigenvalue weighted by Crippen LogP contribution is -2.44. The highest BCUT2D eigenvalue weighted by atomic mass is 79.9. The van der Waals surface area contributed by atoms with Crippen LogP contribution in [0.2, 0.25) is 5.02 Å². The summed E-state index contributed by atoms with van der Waals surface area (Å²) < 4.78 is 0.843. The van der Waals surface area contributed by atoms with Crippen molar-refractivity contribution in [2.45, 2.75) is 32.2 Å². The number of hydrogen-bond acceptors (Lipinski definition) is 2. The van der Waals surface area contributed by atoms with Gasteiger partial charge >= 0.3 is 0 Å². The molecule has 1 fully saturated rings. The summed E-state index contributed by atoms with van der Waals surface area (Å²) in [7, 11) is 0. The van der Waals surface area contributed by atoms with E-state index < -0.39 is 0 Å². The van der Waals surface area contributed by atoms with Crippen LogP contribution in [0, 0.1) is 5.41 Å². The molecule has 0 bridgehead atoms. The first-order chi connectivity index (χ1) is 8.96. The molecule has 2 N–H and O–H groups in total. The second-order valence-corrected chi connectivity index (χ2v) is 6.68. The maximum absolute atomic E-state index is 12.2. The molecular weight excluding hydrogens is 330 g/mol. The molecule has 1 aliphatic carbocycles. The van der Waals surface area contributed by atoms with Crippen molar-refractivity contribution in [1.29, 1.82) is 0 Å². The topological polar surface area (TPSA) is 49.3 Å². The minimum atomic E-state index is -0.225. The van der Waals surface area contributed by atoms with E-state index in [-0.39, 0.29) is 24.0 Å². The lowest BCUT2D eigenvalue weighted by atomic mass is 9.85. The first-order valence-corrected chi connectivity index (χ1v) is 7.50. The monoisotopic (exact) mass is 345 g/mol. The van der Waals surface area contributed by atoms with E-state index in [2.05, 4.69) is 21.2 Å². The van der Waals surface area contributed by atoms with E-state index in [1.165, 1.54) is 0 Å². The fourth-order valence-electron chi connectivity index (χ4n) is 2.58.